The number of rotatable bonds is 7. The van der Waals surface area contributed by atoms with Crippen LogP contribution in [0.3, 0.4) is 0 Å². The first-order valence-corrected chi connectivity index (χ1v) is 9.44. The van der Waals surface area contributed by atoms with Gasteiger partial charge in [-0.2, -0.15) is 5.26 Å². The third-order valence-electron chi connectivity index (χ3n) is 3.65. The predicted molar refractivity (Wildman–Crippen MR) is 80.9 cm³/mol. The van der Waals surface area contributed by atoms with Crippen LogP contribution in [0.25, 0.3) is 0 Å². The summed E-state index contributed by atoms with van der Waals surface area (Å²) in [5.74, 6) is 0. The molecule has 0 spiro atoms. The molecule has 0 heterocycles. The molecule has 0 rings (SSSR count). The Kier molecular flexibility index (Phi) is 6.59. The van der Waals surface area contributed by atoms with Crippen molar-refractivity contribution in [3.05, 3.63) is 24.8 Å². The quantitative estimate of drug-likeness (QED) is 0.286. The summed E-state index contributed by atoms with van der Waals surface area (Å²) in [5.41, 5.74) is 0.545. The largest absolute Gasteiger partial charge is 0.409 e. The van der Waals surface area contributed by atoms with Gasteiger partial charge in [-0.15, -0.1) is 6.58 Å². The van der Waals surface area contributed by atoms with Crippen LogP contribution in [-0.4, -0.2) is 14.4 Å². The molecule has 102 valence electrons. The Morgan fingerprint density at radius 3 is 2.39 bits per heavy atom. The number of nitrogens with zero attached hydrogens (tertiary/aromatic N) is 1. The lowest BCUT2D eigenvalue weighted by atomic mass is 10.1. The van der Waals surface area contributed by atoms with Crippen molar-refractivity contribution < 1.29 is 4.43 Å². The molecule has 0 bridgehead atoms. The van der Waals surface area contributed by atoms with Crippen molar-refractivity contribution >= 4 is 8.32 Å². The monoisotopic (exact) mass is 265 g/mol. The van der Waals surface area contributed by atoms with Gasteiger partial charge in [0.2, 0.25) is 0 Å². The smallest absolute Gasteiger partial charge is 0.192 e. The maximum Gasteiger partial charge on any atom is 0.192 e. The van der Waals surface area contributed by atoms with Gasteiger partial charge in [-0.25, -0.2) is 0 Å². The van der Waals surface area contributed by atoms with Gasteiger partial charge >= 0.3 is 0 Å². The van der Waals surface area contributed by atoms with E-state index < -0.39 is 8.32 Å². The first-order chi connectivity index (χ1) is 8.15. The van der Waals surface area contributed by atoms with Gasteiger partial charge in [0.25, 0.3) is 0 Å². The summed E-state index contributed by atoms with van der Waals surface area (Å²) in [5, 5.41) is 9.18. The zero-order valence-electron chi connectivity index (χ0n) is 12.5. The fourth-order valence-electron chi connectivity index (χ4n) is 1.36. The SMILES string of the molecule is C=CCCCC(O[Si](C)(C)C(C)(C)C)C(=C)C#N. The Morgan fingerprint density at radius 2 is 2.00 bits per heavy atom. The highest BCUT2D eigenvalue weighted by atomic mass is 28.4. The number of allylic oxidation sites excluding steroid dienone is 1. The molecule has 0 aromatic rings. The summed E-state index contributed by atoms with van der Waals surface area (Å²) in [6.07, 6.45) is 4.57. The van der Waals surface area contributed by atoms with Crippen LogP contribution in [0.15, 0.2) is 24.8 Å². The number of hydrogen-bond acceptors (Lipinski definition) is 2. The first-order valence-electron chi connectivity index (χ1n) is 6.53. The average molecular weight is 265 g/mol. The second-order valence-electron chi connectivity index (χ2n) is 6.22. The number of unbranched alkanes of at least 4 members (excludes halogenated alkanes) is 1. The lowest BCUT2D eigenvalue weighted by Crippen LogP contribution is -2.44. The fourth-order valence-corrected chi connectivity index (χ4v) is 2.68. The van der Waals surface area contributed by atoms with E-state index in [-0.39, 0.29) is 11.1 Å². The van der Waals surface area contributed by atoms with Crippen molar-refractivity contribution in [2.24, 2.45) is 0 Å². The Hall–Kier alpha value is -0.853. The van der Waals surface area contributed by atoms with Gasteiger partial charge in [-0.05, 0) is 37.4 Å². The van der Waals surface area contributed by atoms with Gasteiger partial charge in [0.05, 0.1) is 12.2 Å². The van der Waals surface area contributed by atoms with Crippen LogP contribution in [0.2, 0.25) is 18.1 Å². The zero-order valence-corrected chi connectivity index (χ0v) is 13.5. The molecule has 1 atom stereocenters. The molecule has 18 heavy (non-hydrogen) atoms. The van der Waals surface area contributed by atoms with E-state index in [2.05, 4.69) is 53.1 Å². The summed E-state index contributed by atoms with van der Waals surface area (Å²) in [7, 11) is -1.84. The molecule has 2 nitrogen and oxygen atoms in total. The van der Waals surface area contributed by atoms with E-state index in [9.17, 15) is 0 Å². The molecule has 0 saturated carbocycles. The molecule has 1 unspecified atom stereocenters. The molecule has 0 saturated heterocycles. The molecular formula is C15H27NOSi. The van der Waals surface area contributed by atoms with Gasteiger partial charge in [0.1, 0.15) is 0 Å². The summed E-state index contributed by atoms with van der Waals surface area (Å²) in [6, 6.07) is 2.14. The van der Waals surface area contributed by atoms with Crippen LogP contribution >= 0.6 is 0 Å². The van der Waals surface area contributed by atoms with Crippen LogP contribution in [0.1, 0.15) is 40.0 Å². The van der Waals surface area contributed by atoms with Crippen LogP contribution in [0.5, 0.6) is 0 Å². The van der Waals surface area contributed by atoms with Crippen molar-refractivity contribution in [1.82, 2.24) is 0 Å². The zero-order chi connectivity index (χ0) is 14.4. The molecule has 0 aliphatic carbocycles. The second-order valence-corrected chi connectivity index (χ2v) is 11.0. The molecule has 0 aliphatic rings. The van der Waals surface area contributed by atoms with Crippen molar-refractivity contribution in [1.29, 1.82) is 5.26 Å². The van der Waals surface area contributed by atoms with E-state index in [1.54, 1.807) is 0 Å². The normalized spacial score (nSPS) is 13.8. The Balaban J connectivity index is 4.74. The van der Waals surface area contributed by atoms with Crippen LogP contribution in [0.4, 0.5) is 0 Å². The summed E-state index contributed by atoms with van der Waals surface area (Å²) in [6.45, 7) is 18.6. The average Bonchev–Trinajstić information content (AvgIpc) is 2.25. The Morgan fingerprint density at radius 1 is 1.44 bits per heavy atom. The van der Waals surface area contributed by atoms with Crippen LogP contribution in [0, 0.1) is 11.3 Å². The second kappa shape index (κ2) is 6.91. The first kappa shape index (κ1) is 17.1. The van der Waals surface area contributed by atoms with Crippen molar-refractivity contribution in [3.8, 4) is 6.07 Å². The fraction of sp³-hybridized carbons (Fsp3) is 0.667. The molecule has 0 radical (unpaired) electrons. The van der Waals surface area contributed by atoms with Crippen molar-refractivity contribution in [3.63, 3.8) is 0 Å². The summed E-state index contributed by atoms with van der Waals surface area (Å²) < 4.78 is 6.28. The van der Waals surface area contributed by atoms with Gasteiger partial charge in [0, 0.05) is 5.57 Å². The molecule has 0 aliphatic heterocycles. The van der Waals surface area contributed by atoms with Crippen molar-refractivity contribution in [2.45, 2.75) is 64.3 Å². The highest BCUT2D eigenvalue weighted by Crippen LogP contribution is 2.38. The number of nitriles is 1. The standard InChI is InChI=1S/C15H27NOSi/c1-8-9-10-11-14(13(2)12-16)17-18(6,7)15(3,4)5/h8,14H,1-2,9-11H2,3-7H3. The van der Waals surface area contributed by atoms with Gasteiger partial charge in [0.15, 0.2) is 8.32 Å². The molecular weight excluding hydrogens is 238 g/mol. The Labute approximate surface area is 113 Å². The van der Waals surface area contributed by atoms with E-state index in [0.717, 1.165) is 19.3 Å². The van der Waals surface area contributed by atoms with Gasteiger partial charge in [-0.1, -0.05) is 33.4 Å². The van der Waals surface area contributed by atoms with E-state index >= 15 is 0 Å². The number of hydrogen-bond donors (Lipinski definition) is 0. The van der Waals surface area contributed by atoms with Gasteiger partial charge < -0.3 is 4.43 Å². The third-order valence-corrected chi connectivity index (χ3v) is 8.14. The highest BCUT2D eigenvalue weighted by Gasteiger charge is 2.39. The van der Waals surface area contributed by atoms with Gasteiger partial charge in [-0.3, -0.25) is 0 Å². The minimum Gasteiger partial charge on any atom is -0.409 e. The minimum absolute atomic E-state index is 0.129. The highest BCUT2D eigenvalue weighted by molar-refractivity contribution is 6.74. The lowest BCUT2D eigenvalue weighted by molar-refractivity contribution is 0.206. The van der Waals surface area contributed by atoms with Crippen LogP contribution < -0.4 is 0 Å². The molecule has 3 heteroatoms. The molecule has 0 amide bonds. The maximum atomic E-state index is 9.03. The third kappa shape index (κ3) is 5.20. The summed E-state index contributed by atoms with van der Waals surface area (Å²) >= 11 is 0. The van der Waals surface area contributed by atoms with Crippen LogP contribution in [-0.2, 0) is 4.43 Å². The predicted octanol–water partition coefficient (Wildman–Crippen LogP) is 4.81. The molecule has 0 N–H and O–H groups in total. The Bertz CT molecular complexity index is 333. The van der Waals surface area contributed by atoms with E-state index in [1.807, 2.05) is 6.08 Å². The minimum atomic E-state index is -1.84. The molecule has 0 fully saturated rings. The van der Waals surface area contributed by atoms with E-state index in [0.29, 0.717) is 5.57 Å². The van der Waals surface area contributed by atoms with E-state index in [1.165, 1.54) is 0 Å². The topological polar surface area (TPSA) is 33.0 Å². The maximum absolute atomic E-state index is 9.03. The molecule has 0 aromatic heterocycles. The summed E-state index contributed by atoms with van der Waals surface area (Å²) in [4.78, 5) is 0. The lowest BCUT2D eigenvalue weighted by Gasteiger charge is -2.39. The molecule has 0 aromatic carbocycles. The van der Waals surface area contributed by atoms with Crippen molar-refractivity contribution in [2.75, 3.05) is 0 Å². The van der Waals surface area contributed by atoms with E-state index in [4.69, 9.17) is 9.69 Å².